The van der Waals surface area contributed by atoms with Crippen LogP contribution in [0.2, 0.25) is 5.15 Å². The summed E-state index contributed by atoms with van der Waals surface area (Å²) in [6.45, 7) is 4.08. The molecule has 2 rings (SSSR count). The van der Waals surface area contributed by atoms with Crippen LogP contribution >= 0.6 is 23.4 Å². The average molecular weight is 283 g/mol. The third-order valence-corrected chi connectivity index (χ3v) is 3.73. The zero-order valence-electron chi connectivity index (χ0n) is 10.0. The summed E-state index contributed by atoms with van der Waals surface area (Å²) in [6.07, 6.45) is 1.44. The van der Waals surface area contributed by atoms with Crippen LogP contribution in [0.3, 0.4) is 0 Å². The number of hydrogen-bond acceptors (Lipinski definition) is 3. The highest BCUT2D eigenvalue weighted by molar-refractivity contribution is 7.99. The zero-order valence-corrected chi connectivity index (χ0v) is 11.6. The third-order valence-electron chi connectivity index (χ3n) is 2.40. The Hall–Kier alpha value is -1.13. The molecule has 0 aliphatic carbocycles. The maximum absolute atomic E-state index is 12.8. The highest BCUT2D eigenvalue weighted by Crippen LogP contribution is 2.35. The molecule has 2 nitrogen and oxygen atoms in total. The maximum atomic E-state index is 12.8. The first kappa shape index (κ1) is 13.3. The van der Waals surface area contributed by atoms with E-state index in [9.17, 15) is 4.39 Å². The van der Waals surface area contributed by atoms with Gasteiger partial charge in [-0.15, -0.1) is 0 Å². The van der Waals surface area contributed by atoms with Crippen LogP contribution in [0.1, 0.15) is 25.3 Å². The van der Waals surface area contributed by atoms with Crippen molar-refractivity contribution in [1.29, 1.82) is 0 Å². The summed E-state index contributed by atoms with van der Waals surface area (Å²) in [5, 5.41) is 1.29. The van der Waals surface area contributed by atoms with Crippen molar-refractivity contribution < 1.29 is 4.39 Å². The summed E-state index contributed by atoms with van der Waals surface area (Å²) < 4.78 is 12.8. The summed E-state index contributed by atoms with van der Waals surface area (Å²) >= 11 is 7.55. The van der Waals surface area contributed by atoms with Crippen LogP contribution in [-0.2, 0) is 0 Å². The predicted molar refractivity (Wildman–Crippen MR) is 71.7 cm³/mol. The van der Waals surface area contributed by atoms with Crippen LogP contribution < -0.4 is 0 Å². The van der Waals surface area contributed by atoms with Gasteiger partial charge in [-0.2, -0.15) is 0 Å². The standard InChI is InChI=1S/C13H12ClFN2S/c1-8(2)11-12(14)16-7-17-13(11)18-10-5-3-9(15)4-6-10/h3-8H,1-2H3. The minimum absolute atomic E-state index is 0.238. The van der Waals surface area contributed by atoms with Crippen LogP contribution in [0.5, 0.6) is 0 Å². The fraction of sp³-hybridized carbons (Fsp3) is 0.231. The molecule has 0 aliphatic rings. The second-order valence-corrected chi connectivity index (χ2v) is 5.51. The molecule has 0 amide bonds. The van der Waals surface area contributed by atoms with Crippen molar-refractivity contribution in [3.8, 4) is 0 Å². The molecule has 0 saturated carbocycles. The van der Waals surface area contributed by atoms with Gasteiger partial charge in [-0.25, -0.2) is 14.4 Å². The van der Waals surface area contributed by atoms with Crippen molar-refractivity contribution in [2.45, 2.75) is 29.7 Å². The van der Waals surface area contributed by atoms with Gasteiger partial charge in [0.2, 0.25) is 0 Å². The minimum Gasteiger partial charge on any atom is -0.229 e. The molecule has 0 spiro atoms. The Morgan fingerprint density at radius 1 is 1.17 bits per heavy atom. The van der Waals surface area contributed by atoms with Crippen molar-refractivity contribution in [1.82, 2.24) is 9.97 Å². The van der Waals surface area contributed by atoms with Crippen molar-refractivity contribution in [3.63, 3.8) is 0 Å². The second-order valence-electron chi connectivity index (χ2n) is 4.09. The van der Waals surface area contributed by atoms with Gasteiger partial charge in [-0.1, -0.05) is 37.2 Å². The predicted octanol–water partition coefficient (Wildman–Crippen LogP) is 4.54. The Morgan fingerprint density at radius 2 is 1.83 bits per heavy atom. The number of aromatic nitrogens is 2. The van der Waals surface area contributed by atoms with Crippen LogP contribution in [-0.4, -0.2) is 9.97 Å². The van der Waals surface area contributed by atoms with E-state index in [2.05, 4.69) is 9.97 Å². The summed E-state index contributed by atoms with van der Waals surface area (Å²) in [4.78, 5) is 9.17. The molecule has 94 valence electrons. The molecule has 1 aromatic carbocycles. The molecule has 0 aliphatic heterocycles. The molecule has 0 atom stereocenters. The van der Waals surface area contributed by atoms with E-state index in [1.807, 2.05) is 13.8 Å². The smallest absolute Gasteiger partial charge is 0.137 e. The Balaban J connectivity index is 2.34. The monoisotopic (exact) mass is 282 g/mol. The molecular weight excluding hydrogens is 271 g/mol. The van der Waals surface area contributed by atoms with Crippen molar-refractivity contribution in [2.24, 2.45) is 0 Å². The highest BCUT2D eigenvalue weighted by Gasteiger charge is 2.14. The summed E-state index contributed by atoms with van der Waals surface area (Å²) in [6, 6.07) is 6.31. The van der Waals surface area contributed by atoms with Gasteiger partial charge in [-0.3, -0.25) is 0 Å². The van der Waals surface area contributed by atoms with E-state index in [4.69, 9.17) is 11.6 Å². The first-order valence-corrected chi connectivity index (χ1v) is 6.71. The maximum Gasteiger partial charge on any atom is 0.137 e. The van der Waals surface area contributed by atoms with Crippen molar-refractivity contribution in [2.75, 3.05) is 0 Å². The van der Waals surface area contributed by atoms with Gasteiger partial charge >= 0.3 is 0 Å². The second kappa shape index (κ2) is 5.67. The van der Waals surface area contributed by atoms with E-state index in [0.29, 0.717) is 5.15 Å². The minimum atomic E-state index is -0.246. The SMILES string of the molecule is CC(C)c1c(Cl)ncnc1Sc1ccc(F)cc1. The van der Waals surface area contributed by atoms with Gasteiger partial charge in [0.25, 0.3) is 0 Å². The third kappa shape index (κ3) is 3.00. The molecule has 1 heterocycles. The van der Waals surface area contributed by atoms with Crippen LogP contribution in [0.25, 0.3) is 0 Å². The fourth-order valence-corrected chi connectivity index (χ4v) is 2.99. The first-order chi connectivity index (χ1) is 8.58. The molecule has 0 unspecified atom stereocenters. The fourth-order valence-electron chi connectivity index (χ4n) is 1.54. The largest absolute Gasteiger partial charge is 0.229 e. The van der Waals surface area contributed by atoms with Gasteiger partial charge < -0.3 is 0 Å². The van der Waals surface area contributed by atoms with Gasteiger partial charge in [-0.05, 0) is 30.2 Å². The van der Waals surface area contributed by atoms with E-state index in [1.54, 1.807) is 12.1 Å². The lowest BCUT2D eigenvalue weighted by Gasteiger charge is -2.11. The molecule has 18 heavy (non-hydrogen) atoms. The van der Waals surface area contributed by atoms with E-state index in [1.165, 1.54) is 30.2 Å². The molecule has 0 saturated heterocycles. The van der Waals surface area contributed by atoms with Gasteiger partial charge in [0.05, 0.1) is 0 Å². The number of nitrogens with zero attached hydrogens (tertiary/aromatic N) is 2. The lowest BCUT2D eigenvalue weighted by molar-refractivity contribution is 0.626. The summed E-state index contributed by atoms with van der Waals surface area (Å²) in [5.74, 6) is -0.00852. The van der Waals surface area contributed by atoms with Gasteiger partial charge in [0, 0.05) is 10.5 Å². The van der Waals surface area contributed by atoms with Gasteiger partial charge in [0.1, 0.15) is 22.3 Å². The zero-order chi connectivity index (χ0) is 13.1. The Kier molecular flexibility index (Phi) is 4.19. The quantitative estimate of drug-likeness (QED) is 0.773. The van der Waals surface area contributed by atoms with Crippen molar-refractivity contribution >= 4 is 23.4 Å². The number of rotatable bonds is 3. The molecule has 0 fully saturated rings. The highest BCUT2D eigenvalue weighted by atomic mass is 35.5. The van der Waals surface area contributed by atoms with E-state index in [-0.39, 0.29) is 11.7 Å². The van der Waals surface area contributed by atoms with E-state index in [0.717, 1.165) is 15.5 Å². The van der Waals surface area contributed by atoms with E-state index < -0.39 is 0 Å². The topological polar surface area (TPSA) is 25.8 Å². The number of hydrogen-bond donors (Lipinski definition) is 0. The Morgan fingerprint density at radius 3 is 2.44 bits per heavy atom. The Labute approximate surface area is 115 Å². The number of halogens is 2. The molecule has 1 aromatic heterocycles. The molecule has 0 radical (unpaired) electrons. The van der Waals surface area contributed by atoms with Crippen molar-refractivity contribution in [3.05, 3.63) is 47.1 Å². The van der Waals surface area contributed by atoms with E-state index >= 15 is 0 Å². The molecule has 2 aromatic rings. The van der Waals surface area contributed by atoms with Crippen LogP contribution in [0, 0.1) is 5.82 Å². The first-order valence-electron chi connectivity index (χ1n) is 5.51. The lowest BCUT2D eigenvalue weighted by Crippen LogP contribution is -1.97. The summed E-state index contributed by atoms with van der Waals surface area (Å²) in [5.41, 5.74) is 0.925. The normalized spacial score (nSPS) is 10.9. The van der Waals surface area contributed by atoms with Gasteiger partial charge in [0.15, 0.2) is 0 Å². The lowest BCUT2D eigenvalue weighted by atomic mass is 10.1. The molecule has 0 bridgehead atoms. The molecular formula is C13H12ClFN2S. The molecule has 0 N–H and O–H groups in total. The van der Waals surface area contributed by atoms with Crippen LogP contribution in [0.15, 0.2) is 40.5 Å². The van der Waals surface area contributed by atoms with Crippen LogP contribution in [0.4, 0.5) is 4.39 Å². The number of benzene rings is 1. The average Bonchev–Trinajstić information content (AvgIpc) is 2.32. The Bertz CT molecular complexity index is 543. The summed E-state index contributed by atoms with van der Waals surface area (Å²) in [7, 11) is 0. The molecule has 5 heteroatoms.